The number of hydrogen-bond acceptors (Lipinski definition) is 4. The van der Waals surface area contributed by atoms with Crippen LogP contribution in [0.15, 0.2) is 90.1 Å². The molecule has 0 bridgehead atoms. The number of nitrogens with zero attached hydrogens (tertiary/aromatic N) is 4. The van der Waals surface area contributed by atoms with Gasteiger partial charge in [0.25, 0.3) is 0 Å². The fourth-order valence-electron chi connectivity index (χ4n) is 4.28. The Hall–Kier alpha value is -4.30. The molecule has 0 unspecified atom stereocenters. The first-order chi connectivity index (χ1) is 17.9. The van der Waals surface area contributed by atoms with Crippen molar-refractivity contribution in [3.8, 4) is 0 Å². The summed E-state index contributed by atoms with van der Waals surface area (Å²) in [5.74, 6) is -1.41. The number of rotatable bonds is 6. The van der Waals surface area contributed by atoms with Crippen LogP contribution in [-0.2, 0) is 17.9 Å². The highest BCUT2D eigenvalue weighted by atomic mass is 19.1. The van der Waals surface area contributed by atoms with Crippen LogP contribution in [0.3, 0.4) is 0 Å². The van der Waals surface area contributed by atoms with Crippen LogP contribution in [0.2, 0.25) is 0 Å². The predicted octanol–water partition coefficient (Wildman–Crippen LogP) is 5.30. The topological polar surface area (TPSA) is 51.0 Å². The lowest BCUT2D eigenvalue weighted by atomic mass is 9.94. The van der Waals surface area contributed by atoms with Gasteiger partial charge in [0.05, 0.1) is 18.4 Å². The van der Waals surface area contributed by atoms with Gasteiger partial charge in [-0.25, -0.2) is 17.9 Å². The first-order valence-corrected chi connectivity index (χ1v) is 11.8. The molecule has 4 aromatic rings. The molecule has 37 heavy (non-hydrogen) atoms. The smallest absolute Gasteiger partial charge is 0.187 e. The van der Waals surface area contributed by atoms with Crippen LogP contribution >= 0.6 is 0 Å². The second-order valence-electron chi connectivity index (χ2n) is 8.89. The largest absolute Gasteiger partial charge is 0.289 e. The quantitative estimate of drug-likeness (QED) is 0.338. The minimum Gasteiger partial charge on any atom is -0.289 e. The highest BCUT2D eigenvalue weighted by Gasteiger charge is 2.27. The molecule has 1 fully saturated rings. The average Bonchev–Trinajstić information content (AvgIpc) is 3.32. The molecule has 2 heterocycles. The summed E-state index contributed by atoms with van der Waals surface area (Å²) in [6, 6.07) is 18.6. The van der Waals surface area contributed by atoms with Gasteiger partial charge in [0.15, 0.2) is 5.78 Å². The maximum Gasteiger partial charge on any atom is 0.187 e. The van der Waals surface area contributed by atoms with Gasteiger partial charge in [0.1, 0.15) is 17.5 Å². The van der Waals surface area contributed by atoms with Crippen molar-refractivity contribution in [2.75, 3.05) is 13.1 Å². The normalized spacial score (nSPS) is 16.6. The summed E-state index contributed by atoms with van der Waals surface area (Å²) < 4.78 is 43.5. The van der Waals surface area contributed by atoms with Crippen molar-refractivity contribution in [1.82, 2.24) is 19.9 Å². The van der Waals surface area contributed by atoms with E-state index < -0.39 is 11.6 Å². The molecule has 0 amide bonds. The van der Waals surface area contributed by atoms with E-state index in [1.54, 1.807) is 71.6 Å². The van der Waals surface area contributed by atoms with E-state index in [-0.39, 0.29) is 24.7 Å². The van der Waals surface area contributed by atoms with E-state index >= 15 is 0 Å². The third kappa shape index (κ3) is 5.92. The van der Waals surface area contributed by atoms with Gasteiger partial charge in [0, 0.05) is 41.9 Å². The molecular formula is C29H23F3N4O. The van der Waals surface area contributed by atoms with Crippen LogP contribution in [0.25, 0.3) is 12.2 Å². The molecular weight excluding hydrogens is 477 g/mol. The lowest BCUT2D eigenvalue weighted by molar-refractivity contribution is -0.113. The molecule has 0 spiro atoms. The minimum absolute atomic E-state index is 0.247. The number of carbonyl (C=O) groups excluding carboxylic acids is 1. The molecule has 0 saturated carbocycles. The Labute approximate surface area is 212 Å². The van der Waals surface area contributed by atoms with E-state index in [1.807, 2.05) is 4.90 Å². The van der Waals surface area contributed by atoms with Crippen LogP contribution in [0.5, 0.6) is 0 Å². The molecule has 8 heteroatoms. The summed E-state index contributed by atoms with van der Waals surface area (Å²) in [5.41, 5.74) is 2.97. The van der Waals surface area contributed by atoms with Crippen LogP contribution in [-0.4, -0.2) is 38.8 Å². The van der Waals surface area contributed by atoms with Crippen molar-refractivity contribution in [2.45, 2.75) is 13.1 Å². The number of hydrogen-bond donors (Lipinski definition) is 0. The van der Waals surface area contributed by atoms with Crippen molar-refractivity contribution in [3.05, 3.63) is 130 Å². The number of carbonyl (C=O) groups is 1. The van der Waals surface area contributed by atoms with Crippen LogP contribution in [0, 0.1) is 17.5 Å². The Kier molecular flexibility index (Phi) is 7.09. The minimum atomic E-state index is -0.428. The molecule has 0 N–H and O–H groups in total. The summed E-state index contributed by atoms with van der Waals surface area (Å²) in [5, 5.41) is 8.40. The summed E-state index contributed by atoms with van der Waals surface area (Å²) >= 11 is 0. The Morgan fingerprint density at radius 2 is 1.32 bits per heavy atom. The van der Waals surface area contributed by atoms with E-state index in [1.165, 1.54) is 24.3 Å². The Bertz CT molecular complexity index is 1420. The van der Waals surface area contributed by atoms with Crippen molar-refractivity contribution in [3.63, 3.8) is 0 Å². The maximum absolute atomic E-state index is 14.3. The SMILES string of the molecule is O=C1/C(=C\c2ccccc2F)CN(Cc2cn(Cc3ccc(F)cc3)nn2)C/C1=C\c1ccccc1F. The van der Waals surface area contributed by atoms with Gasteiger partial charge in [-0.3, -0.25) is 9.69 Å². The Morgan fingerprint density at radius 3 is 1.89 bits per heavy atom. The zero-order chi connectivity index (χ0) is 25.8. The van der Waals surface area contributed by atoms with Gasteiger partial charge in [0.2, 0.25) is 0 Å². The fraction of sp³-hybridized carbons (Fsp3) is 0.138. The van der Waals surface area contributed by atoms with Crippen molar-refractivity contribution < 1.29 is 18.0 Å². The number of benzene rings is 3. The van der Waals surface area contributed by atoms with Gasteiger partial charge in [-0.2, -0.15) is 0 Å². The number of aromatic nitrogens is 3. The third-order valence-electron chi connectivity index (χ3n) is 6.07. The molecule has 186 valence electrons. The van der Waals surface area contributed by atoms with Crippen molar-refractivity contribution in [1.29, 1.82) is 0 Å². The first kappa shape index (κ1) is 24.4. The molecule has 0 radical (unpaired) electrons. The summed E-state index contributed by atoms with van der Waals surface area (Å²) in [6.45, 7) is 1.35. The lowest BCUT2D eigenvalue weighted by Gasteiger charge is -2.29. The molecule has 5 nitrogen and oxygen atoms in total. The van der Waals surface area contributed by atoms with Gasteiger partial charge in [-0.05, 0) is 42.0 Å². The Morgan fingerprint density at radius 1 is 0.757 bits per heavy atom. The zero-order valence-electron chi connectivity index (χ0n) is 19.8. The van der Waals surface area contributed by atoms with E-state index in [2.05, 4.69) is 10.3 Å². The van der Waals surface area contributed by atoms with E-state index in [0.29, 0.717) is 41.1 Å². The number of Topliss-reactive ketones (excluding diaryl/α,β-unsaturated/α-hetero) is 1. The molecule has 1 aliphatic rings. The second-order valence-corrected chi connectivity index (χ2v) is 8.89. The van der Waals surface area contributed by atoms with Crippen LogP contribution in [0.1, 0.15) is 22.4 Å². The highest BCUT2D eigenvalue weighted by molar-refractivity contribution is 6.14. The van der Waals surface area contributed by atoms with Gasteiger partial charge in [-0.15, -0.1) is 5.10 Å². The molecule has 1 aromatic heterocycles. The third-order valence-corrected chi connectivity index (χ3v) is 6.07. The van der Waals surface area contributed by atoms with Crippen molar-refractivity contribution >= 4 is 17.9 Å². The van der Waals surface area contributed by atoms with E-state index in [0.717, 1.165) is 5.56 Å². The predicted molar refractivity (Wildman–Crippen MR) is 135 cm³/mol. The fourth-order valence-corrected chi connectivity index (χ4v) is 4.28. The van der Waals surface area contributed by atoms with E-state index in [9.17, 15) is 18.0 Å². The van der Waals surface area contributed by atoms with E-state index in [4.69, 9.17) is 0 Å². The number of halogens is 3. The maximum atomic E-state index is 14.3. The molecule has 1 aliphatic heterocycles. The number of ketones is 1. The monoisotopic (exact) mass is 500 g/mol. The van der Waals surface area contributed by atoms with Crippen molar-refractivity contribution in [2.24, 2.45) is 0 Å². The second kappa shape index (κ2) is 10.8. The summed E-state index contributed by atoms with van der Waals surface area (Å²) in [6.07, 6.45) is 4.88. The molecule has 0 atom stereocenters. The Balaban J connectivity index is 1.41. The highest BCUT2D eigenvalue weighted by Crippen LogP contribution is 2.24. The molecule has 1 saturated heterocycles. The zero-order valence-corrected chi connectivity index (χ0v) is 19.8. The van der Waals surface area contributed by atoms with Crippen LogP contribution in [0.4, 0.5) is 13.2 Å². The average molecular weight is 501 g/mol. The lowest BCUT2D eigenvalue weighted by Crippen LogP contribution is -2.37. The van der Waals surface area contributed by atoms with Crippen LogP contribution < -0.4 is 0 Å². The molecule has 5 rings (SSSR count). The van der Waals surface area contributed by atoms with Gasteiger partial charge >= 0.3 is 0 Å². The van der Waals surface area contributed by atoms with Gasteiger partial charge in [-0.1, -0.05) is 53.7 Å². The molecule has 3 aromatic carbocycles. The van der Waals surface area contributed by atoms with Gasteiger partial charge < -0.3 is 0 Å². The summed E-state index contributed by atoms with van der Waals surface area (Å²) in [4.78, 5) is 15.3. The first-order valence-electron chi connectivity index (χ1n) is 11.8. The number of likely N-dealkylation sites (tertiary alicyclic amines) is 1. The standard InChI is InChI=1S/C29H23F3N4O/c30-25-11-9-20(10-12-25)15-36-19-26(33-34-36)18-35-16-23(13-21-5-1-3-7-27(21)31)29(37)24(17-35)14-22-6-2-4-8-28(22)32/h1-14,19H,15-18H2/b23-13-,24-14+. The number of piperidine rings is 1. The summed E-state index contributed by atoms with van der Waals surface area (Å²) in [7, 11) is 0. The molecule has 0 aliphatic carbocycles.